The molecule has 0 heterocycles. The standard InChI is InChI=1S/C19H18FNO2/c1-2-3-10-23-13-16-11-14(12-21)4-9-18(16)19(22)15-5-7-17(20)8-6-15/h4-9,11H,2-3,10,13H2,1H3. The molecule has 2 aromatic carbocycles. The van der Waals surface area contributed by atoms with Crippen molar-refractivity contribution < 1.29 is 13.9 Å². The molecule has 23 heavy (non-hydrogen) atoms. The number of rotatable bonds is 7. The Morgan fingerprint density at radius 1 is 1.22 bits per heavy atom. The normalized spacial score (nSPS) is 10.3. The number of hydrogen-bond acceptors (Lipinski definition) is 3. The Morgan fingerprint density at radius 2 is 1.96 bits per heavy atom. The molecule has 0 atom stereocenters. The summed E-state index contributed by atoms with van der Waals surface area (Å²) in [5.41, 5.74) is 2.04. The highest BCUT2D eigenvalue weighted by Gasteiger charge is 2.14. The predicted octanol–water partition coefficient (Wildman–Crippen LogP) is 4.25. The second-order valence-corrected chi connectivity index (χ2v) is 5.23. The molecule has 2 rings (SSSR count). The first-order valence-electron chi connectivity index (χ1n) is 7.56. The minimum Gasteiger partial charge on any atom is -0.377 e. The quantitative estimate of drug-likeness (QED) is 0.567. The van der Waals surface area contributed by atoms with Gasteiger partial charge in [0, 0.05) is 17.7 Å². The van der Waals surface area contributed by atoms with Crippen LogP contribution in [0.4, 0.5) is 4.39 Å². The monoisotopic (exact) mass is 311 g/mol. The van der Waals surface area contributed by atoms with E-state index in [2.05, 4.69) is 13.0 Å². The topological polar surface area (TPSA) is 50.1 Å². The third-order valence-electron chi connectivity index (χ3n) is 3.49. The van der Waals surface area contributed by atoms with Crippen molar-refractivity contribution in [1.82, 2.24) is 0 Å². The Hall–Kier alpha value is -2.51. The van der Waals surface area contributed by atoms with Gasteiger partial charge in [-0.1, -0.05) is 13.3 Å². The molecule has 0 unspecified atom stereocenters. The molecule has 0 aliphatic heterocycles. The van der Waals surface area contributed by atoms with Crippen LogP contribution < -0.4 is 0 Å². The number of unbranched alkanes of at least 4 members (excludes halogenated alkanes) is 1. The lowest BCUT2D eigenvalue weighted by molar-refractivity contribution is 0.101. The first kappa shape index (κ1) is 16.9. The predicted molar refractivity (Wildman–Crippen MR) is 85.6 cm³/mol. The molecule has 0 aromatic heterocycles. The van der Waals surface area contributed by atoms with Crippen LogP contribution in [0.15, 0.2) is 42.5 Å². The molecule has 4 heteroatoms. The molecular weight excluding hydrogens is 293 g/mol. The first-order chi connectivity index (χ1) is 11.2. The number of carbonyl (C=O) groups excluding carboxylic acids is 1. The molecule has 0 N–H and O–H groups in total. The third kappa shape index (κ3) is 4.48. The smallest absolute Gasteiger partial charge is 0.193 e. The van der Waals surface area contributed by atoms with Gasteiger partial charge in [0.05, 0.1) is 18.2 Å². The van der Waals surface area contributed by atoms with Gasteiger partial charge in [-0.15, -0.1) is 0 Å². The van der Waals surface area contributed by atoms with E-state index in [1.54, 1.807) is 18.2 Å². The van der Waals surface area contributed by atoms with E-state index in [0.29, 0.717) is 28.9 Å². The van der Waals surface area contributed by atoms with E-state index < -0.39 is 0 Å². The zero-order valence-electron chi connectivity index (χ0n) is 13.0. The SMILES string of the molecule is CCCCOCc1cc(C#N)ccc1C(=O)c1ccc(F)cc1. The number of ether oxygens (including phenoxy) is 1. The summed E-state index contributed by atoms with van der Waals surface area (Å²) in [6.45, 7) is 2.96. The van der Waals surface area contributed by atoms with Crippen LogP contribution in [0.2, 0.25) is 0 Å². The van der Waals surface area contributed by atoms with Crippen LogP contribution in [0.3, 0.4) is 0 Å². The molecule has 0 aliphatic rings. The molecule has 0 fully saturated rings. The van der Waals surface area contributed by atoms with Gasteiger partial charge in [0.1, 0.15) is 5.82 Å². The molecule has 2 aromatic rings. The molecule has 3 nitrogen and oxygen atoms in total. The maximum absolute atomic E-state index is 13.0. The molecule has 0 aliphatic carbocycles. The zero-order chi connectivity index (χ0) is 16.7. The van der Waals surface area contributed by atoms with Gasteiger partial charge in [0.25, 0.3) is 0 Å². The van der Waals surface area contributed by atoms with E-state index in [1.807, 2.05) is 0 Å². The summed E-state index contributed by atoms with van der Waals surface area (Å²) >= 11 is 0. The Bertz CT molecular complexity index is 717. The van der Waals surface area contributed by atoms with Crippen molar-refractivity contribution in [2.24, 2.45) is 0 Å². The van der Waals surface area contributed by atoms with Crippen LogP contribution in [0.1, 0.15) is 46.8 Å². The van der Waals surface area contributed by atoms with Crippen LogP contribution in [0.5, 0.6) is 0 Å². The van der Waals surface area contributed by atoms with Crippen molar-refractivity contribution in [2.75, 3.05) is 6.61 Å². The Balaban J connectivity index is 2.27. The minimum absolute atomic E-state index is 0.205. The highest BCUT2D eigenvalue weighted by molar-refractivity contribution is 6.09. The average Bonchev–Trinajstić information content (AvgIpc) is 2.58. The second-order valence-electron chi connectivity index (χ2n) is 5.23. The van der Waals surface area contributed by atoms with E-state index >= 15 is 0 Å². The fourth-order valence-corrected chi connectivity index (χ4v) is 2.19. The van der Waals surface area contributed by atoms with Gasteiger partial charge in [-0.2, -0.15) is 5.26 Å². The summed E-state index contributed by atoms with van der Waals surface area (Å²) in [6.07, 6.45) is 1.97. The summed E-state index contributed by atoms with van der Waals surface area (Å²) in [5, 5.41) is 9.03. The minimum atomic E-state index is -0.385. The lowest BCUT2D eigenvalue weighted by atomic mass is 9.97. The third-order valence-corrected chi connectivity index (χ3v) is 3.49. The van der Waals surface area contributed by atoms with Gasteiger partial charge in [0.15, 0.2) is 5.78 Å². The highest BCUT2D eigenvalue weighted by Crippen LogP contribution is 2.18. The number of hydrogen-bond donors (Lipinski definition) is 0. The number of benzene rings is 2. The van der Waals surface area contributed by atoms with Gasteiger partial charge >= 0.3 is 0 Å². The van der Waals surface area contributed by atoms with Gasteiger partial charge in [-0.05, 0) is 54.4 Å². The van der Waals surface area contributed by atoms with E-state index in [4.69, 9.17) is 10.00 Å². The van der Waals surface area contributed by atoms with E-state index in [0.717, 1.165) is 12.8 Å². The summed E-state index contributed by atoms with van der Waals surface area (Å²) in [6, 6.07) is 12.4. The van der Waals surface area contributed by atoms with Crippen LogP contribution in [-0.4, -0.2) is 12.4 Å². The van der Waals surface area contributed by atoms with Crippen molar-refractivity contribution in [3.05, 3.63) is 70.5 Å². The fraction of sp³-hybridized carbons (Fsp3) is 0.263. The number of carbonyl (C=O) groups is 1. The van der Waals surface area contributed by atoms with Crippen molar-refractivity contribution >= 4 is 5.78 Å². The van der Waals surface area contributed by atoms with E-state index in [1.165, 1.54) is 24.3 Å². The molecule has 0 bridgehead atoms. The van der Waals surface area contributed by atoms with Gasteiger partial charge in [-0.25, -0.2) is 4.39 Å². The second kappa shape index (κ2) is 8.21. The van der Waals surface area contributed by atoms with Gasteiger partial charge in [0.2, 0.25) is 0 Å². The van der Waals surface area contributed by atoms with Crippen LogP contribution in [-0.2, 0) is 11.3 Å². The van der Waals surface area contributed by atoms with Crippen LogP contribution >= 0.6 is 0 Å². The van der Waals surface area contributed by atoms with E-state index in [-0.39, 0.29) is 18.2 Å². The van der Waals surface area contributed by atoms with Crippen LogP contribution in [0.25, 0.3) is 0 Å². The molecule has 0 saturated carbocycles. The Labute approximate surface area is 135 Å². The molecule has 0 amide bonds. The largest absolute Gasteiger partial charge is 0.377 e. The average molecular weight is 311 g/mol. The summed E-state index contributed by atoms with van der Waals surface area (Å²) in [4.78, 5) is 12.6. The Kier molecular flexibility index (Phi) is 6.02. The van der Waals surface area contributed by atoms with Crippen molar-refractivity contribution in [3.8, 4) is 6.07 Å². The summed E-state index contributed by atoms with van der Waals surface area (Å²) < 4.78 is 18.6. The van der Waals surface area contributed by atoms with Crippen LogP contribution in [0, 0.1) is 17.1 Å². The number of ketones is 1. The fourth-order valence-electron chi connectivity index (χ4n) is 2.19. The maximum Gasteiger partial charge on any atom is 0.193 e. The molecule has 0 spiro atoms. The van der Waals surface area contributed by atoms with Gasteiger partial charge in [-0.3, -0.25) is 4.79 Å². The van der Waals surface area contributed by atoms with Gasteiger partial charge < -0.3 is 4.74 Å². The van der Waals surface area contributed by atoms with Crippen molar-refractivity contribution in [2.45, 2.75) is 26.4 Å². The Morgan fingerprint density at radius 3 is 2.61 bits per heavy atom. The summed E-state index contributed by atoms with van der Waals surface area (Å²) in [7, 11) is 0. The zero-order valence-corrected chi connectivity index (χ0v) is 13.0. The number of nitriles is 1. The lowest BCUT2D eigenvalue weighted by Crippen LogP contribution is -2.08. The lowest BCUT2D eigenvalue weighted by Gasteiger charge is -2.10. The number of nitrogens with zero attached hydrogens (tertiary/aromatic N) is 1. The number of halogens is 1. The highest BCUT2D eigenvalue weighted by atomic mass is 19.1. The first-order valence-corrected chi connectivity index (χ1v) is 7.56. The maximum atomic E-state index is 13.0. The molecule has 118 valence electrons. The molecule has 0 saturated heterocycles. The van der Waals surface area contributed by atoms with Crippen molar-refractivity contribution in [1.29, 1.82) is 5.26 Å². The molecular formula is C19H18FNO2. The molecule has 0 radical (unpaired) electrons. The van der Waals surface area contributed by atoms with E-state index in [9.17, 15) is 9.18 Å². The summed E-state index contributed by atoms with van der Waals surface area (Å²) in [5.74, 6) is -0.590. The van der Waals surface area contributed by atoms with Crippen molar-refractivity contribution in [3.63, 3.8) is 0 Å².